The average Bonchev–Trinajstić information content (AvgIpc) is 3.40. The summed E-state index contributed by atoms with van der Waals surface area (Å²) in [4.78, 5) is 14.2. The summed E-state index contributed by atoms with van der Waals surface area (Å²) in [5, 5.41) is 18.0. The van der Waals surface area contributed by atoms with Crippen LogP contribution in [0.3, 0.4) is 0 Å². The van der Waals surface area contributed by atoms with Crippen molar-refractivity contribution in [2.24, 2.45) is 0 Å². The number of unbranched alkanes of at least 4 members (excludes halogenated alkanes) is 1. The van der Waals surface area contributed by atoms with Crippen LogP contribution in [0.2, 0.25) is 0 Å². The van der Waals surface area contributed by atoms with E-state index in [0.717, 1.165) is 45.7 Å². The van der Waals surface area contributed by atoms with E-state index in [2.05, 4.69) is 27.5 Å². The van der Waals surface area contributed by atoms with Crippen molar-refractivity contribution in [3.05, 3.63) is 57.3 Å². The number of carbonyl (C=O) groups excluding carboxylic acids is 1. The lowest BCUT2D eigenvalue weighted by atomic mass is 10.2. The molecular weight excluding hydrogens is 409 g/mol. The maximum absolute atomic E-state index is 13.1. The van der Waals surface area contributed by atoms with Crippen molar-refractivity contribution in [2.75, 3.05) is 5.32 Å². The topological polar surface area (TPSA) is 72.7 Å². The Morgan fingerprint density at radius 1 is 1.21 bits per heavy atom. The first-order valence-corrected chi connectivity index (χ1v) is 11.0. The molecule has 1 amide bonds. The SMILES string of the molecule is CCCCc1nnc(NC(=O)c2cc3c(C)nn(Cc4ccc(F)cc4)c3s2)s1. The van der Waals surface area contributed by atoms with Gasteiger partial charge in [-0.3, -0.25) is 14.8 Å². The van der Waals surface area contributed by atoms with Gasteiger partial charge in [0.2, 0.25) is 5.13 Å². The first-order chi connectivity index (χ1) is 14.0. The van der Waals surface area contributed by atoms with Gasteiger partial charge < -0.3 is 0 Å². The minimum absolute atomic E-state index is 0.197. The first kappa shape index (κ1) is 19.7. The van der Waals surface area contributed by atoms with E-state index in [1.165, 1.54) is 34.8 Å². The van der Waals surface area contributed by atoms with Crippen molar-refractivity contribution in [2.45, 2.75) is 39.7 Å². The van der Waals surface area contributed by atoms with E-state index in [9.17, 15) is 9.18 Å². The minimum atomic E-state index is -0.264. The summed E-state index contributed by atoms with van der Waals surface area (Å²) in [6, 6.07) is 8.22. The monoisotopic (exact) mass is 429 g/mol. The number of halogens is 1. The maximum Gasteiger partial charge on any atom is 0.267 e. The predicted octanol–water partition coefficient (Wildman–Crippen LogP) is 5.04. The molecule has 0 unspecified atom stereocenters. The molecule has 4 rings (SSSR count). The molecule has 4 aromatic rings. The molecular formula is C20H20FN5OS2. The van der Waals surface area contributed by atoms with Crippen molar-refractivity contribution in [3.8, 4) is 0 Å². The number of thiophene rings is 1. The molecule has 9 heteroatoms. The van der Waals surface area contributed by atoms with Crippen LogP contribution in [0.25, 0.3) is 10.2 Å². The third-order valence-corrected chi connectivity index (χ3v) is 6.55. The Hall–Kier alpha value is -2.65. The van der Waals surface area contributed by atoms with Gasteiger partial charge in [-0.1, -0.05) is 36.8 Å². The van der Waals surface area contributed by atoms with Gasteiger partial charge in [-0.25, -0.2) is 4.39 Å². The predicted molar refractivity (Wildman–Crippen MR) is 114 cm³/mol. The van der Waals surface area contributed by atoms with Crippen LogP contribution in [0.1, 0.15) is 45.7 Å². The van der Waals surface area contributed by atoms with Crippen LogP contribution in [0.5, 0.6) is 0 Å². The number of benzene rings is 1. The Labute approximate surface area is 175 Å². The molecule has 150 valence electrons. The number of nitrogens with zero attached hydrogens (tertiary/aromatic N) is 4. The minimum Gasteiger partial charge on any atom is -0.296 e. The average molecular weight is 430 g/mol. The number of fused-ring (bicyclic) bond motifs is 1. The van der Waals surface area contributed by atoms with Crippen LogP contribution in [0.15, 0.2) is 30.3 Å². The third kappa shape index (κ3) is 4.35. The third-order valence-electron chi connectivity index (χ3n) is 4.51. The second kappa shape index (κ2) is 8.38. The van der Waals surface area contributed by atoms with Crippen molar-refractivity contribution >= 4 is 43.9 Å². The van der Waals surface area contributed by atoms with Gasteiger partial charge in [0.05, 0.1) is 17.1 Å². The molecule has 0 saturated heterocycles. The fraction of sp³-hybridized carbons (Fsp3) is 0.300. The van der Waals surface area contributed by atoms with Gasteiger partial charge in [0.25, 0.3) is 5.91 Å². The van der Waals surface area contributed by atoms with Crippen LogP contribution in [-0.2, 0) is 13.0 Å². The molecule has 0 radical (unpaired) electrons. The molecule has 1 N–H and O–H groups in total. The molecule has 0 saturated carbocycles. The Bertz CT molecular complexity index is 1150. The van der Waals surface area contributed by atoms with Gasteiger partial charge in [0.1, 0.15) is 15.7 Å². The molecule has 3 aromatic heterocycles. The number of hydrogen-bond donors (Lipinski definition) is 1. The molecule has 6 nitrogen and oxygen atoms in total. The quantitative estimate of drug-likeness (QED) is 0.447. The van der Waals surface area contributed by atoms with Crippen LogP contribution in [-0.4, -0.2) is 25.9 Å². The molecule has 3 heterocycles. The molecule has 0 atom stereocenters. The molecule has 0 aliphatic heterocycles. The maximum atomic E-state index is 13.1. The fourth-order valence-corrected chi connectivity index (χ4v) is 4.82. The molecule has 1 aromatic carbocycles. The normalized spacial score (nSPS) is 11.3. The highest BCUT2D eigenvalue weighted by Gasteiger charge is 2.18. The molecule has 0 fully saturated rings. The molecule has 0 aliphatic carbocycles. The second-order valence-electron chi connectivity index (χ2n) is 6.76. The van der Waals surface area contributed by atoms with Gasteiger partial charge in [-0.15, -0.1) is 21.5 Å². The zero-order chi connectivity index (χ0) is 20.4. The lowest BCUT2D eigenvalue weighted by Crippen LogP contribution is -2.09. The van der Waals surface area contributed by atoms with Crippen molar-refractivity contribution in [3.63, 3.8) is 0 Å². The van der Waals surface area contributed by atoms with Crippen LogP contribution in [0, 0.1) is 12.7 Å². The van der Waals surface area contributed by atoms with Crippen LogP contribution < -0.4 is 5.32 Å². The number of nitrogens with one attached hydrogen (secondary N) is 1. The molecule has 0 spiro atoms. The van der Waals surface area contributed by atoms with E-state index in [4.69, 9.17) is 0 Å². The summed E-state index contributed by atoms with van der Waals surface area (Å²) in [5.74, 6) is -0.461. The number of anilines is 1. The summed E-state index contributed by atoms with van der Waals surface area (Å²) >= 11 is 2.80. The molecule has 0 aliphatic rings. The van der Waals surface area contributed by atoms with Gasteiger partial charge in [-0.05, 0) is 37.1 Å². The largest absolute Gasteiger partial charge is 0.296 e. The number of carbonyl (C=O) groups is 1. The molecule has 0 bridgehead atoms. The Kier molecular flexibility index (Phi) is 5.68. The first-order valence-electron chi connectivity index (χ1n) is 9.38. The van der Waals surface area contributed by atoms with E-state index < -0.39 is 0 Å². The van der Waals surface area contributed by atoms with E-state index in [-0.39, 0.29) is 11.7 Å². The highest BCUT2D eigenvalue weighted by molar-refractivity contribution is 7.20. The van der Waals surface area contributed by atoms with E-state index in [1.807, 2.05) is 17.7 Å². The number of aryl methyl sites for hydroxylation is 2. The van der Waals surface area contributed by atoms with Gasteiger partial charge in [0.15, 0.2) is 0 Å². The summed E-state index contributed by atoms with van der Waals surface area (Å²) in [6.45, 7) is 4.57. The highest BCUT2D eigenvalue weighted by Crippen LogP contribution is 2.30. The second-order valence-corrected chi connectivity index (χ2v) is 8.85. The summed E-state index contributed by atoms with van der Waals surface area (Å²) in [5.41, 5.74) is 1.80. The zero-order valence-electron chi connectivity index (χ0n) is 16.1. The Morgan fingerprint density at radius 2 is 2.00 bits per heavy atom. The lowest BCUT2D eigenvalue weighted by Gasteiger charge is -2.03. The summed E-state index contributed by atoms with van der Waals surface area (Å²) in [7, 11) is 0. The lowest BCUT2D eigenvalue weighted by molar-refractivity contribution is 0.103. The number of hydrogen-bond acceptors (Lipinski definition) is 6. The van der Waals surface area contributed by atoms with Crippen molar-refractivity contribution in [1.29, 1.82) is 0 Å². The molecule has 29 heavy (non-hydrogen) atoms. The van der Waals surface area contributed by atoms with Gasteiger partial charge >= 0.3 is 0 Å². The van der Waals surface area contributed by atoms with Crippen molar-refractivity contribution < 1.29 is 9.18 Å². The zero-order valence-corrected chi connectivity index (χ0v) is 17.7. The smallest absolute Gasteiger partial charge is 0.267 e. The standard InChI is InChI=1S/C20H20FN5OS2/c1-3-4-5-17-23-24-20(29-17)22-18(27)16-10-15-12(2)25-26(19(15)28-16)11-13-6-8-14(21)9-7-13/h6-10H,3-5,11H2,1-2H3,(H,22,24,27). The van der Waals surface area contributed by atoms with Crippen LogP contribution >= 0.6 is 22.7 Å². The van der Waals surface area contributed by atoms with E-state index in [1.54, 1.807) is 12.1 Å². The Morgan fingerprint density at radius 3 is 2.76 bits per heavy atom. The van der Waals surface area contributed by atoms with E-state index in [0.29, 0.717) is 16.6 Å². The fourth-order valence-electron chi connectivity index (χ4n) is 2.99. The number of aromatic nitrogens is 4. The number of rotatable bonds is 7. The van der Waals surface area contributed by atoms with Gasteiger partial charge in [-0.2, -0.15) is 5.10 Å². The van der Waals surface area contributed by atoms with Crippen molar-refractivity contribution in [1.82, 2.24) is 20.0 Å². The van der Waals surface area contributed by atoms with Crippen LogP contribution in [0.4, 0.5) is 9.52 Å². The van der Waals surface area contributed by atoms with E-state index >= 15 is 0 Å². The summed E-state index contributed by atoms with van der Waals surface area (Å²) < 4.78 is 15.0. The van der Waals surface area contributed by atoms with Gasteiger partial charge in [0, 0.05) is 11.8 Å². The highest BCUT2D eigenvalue weighted by atomic mass is 32.1. The Balaban J connectivity index is 1.53. The summed E-state index contributed by atoms with van der Waals surface area (Å²) in [6.07, 6.45) is 3.03. The number of amides is 1.